The van der Waals surface area contributed by atoms with Crippen molar-refractivity contribution in [2.75, 3.05) is 54.4 Å². The number of carbonyl (C=O) groups is 4. The lowest BCUT2D eigenvalue weighted by Gasteiger charge is -2.44. The number of nitriles is 1. The Morgan fingerprint density at radius 2 is 1.75 bits per heavy atom. The molecule has 3 aliphatic heterocycles. The fourth-order valence-corrected chi connectivity index (χ4v) is 10.1. The van der Waals surface area contributed by atoms with Gasteiger partial charge in [-0.2, -0.15) is 23.5 Å². The number of halogens is 3. The van der Waals surface area contributed by atoms with Gasteiger partial charge in [0.15, 0.2) is 10.9 Å². The van der Waals surface area contributed by atoms with E-state index in [4.69, 9.17) is 17.0 Å². The smallest absolute Gasteiger partial charge is 0.377 e. The van der Waals surface area contributed by atoms with Gasteiger partial charge in [0.25, 0.3) is 5.91 Å². The van der Waals surface area contributed by atoms with Crippen LogP contribution < -0.4 is 15.1 Å². The minimum atomic E-state index is -4.76. The number of ether oxygens (including phenoxy) is 1. The van der Waals surface area contributed by atoms with Gasteiger partial charge in [0.2, 0.25) is 11.8 Å². The number of rotatable bonds is 11. The number of nitrogens with one attached hydrogen (secondary N) is 1. The number of para-hydroxylation sites is 1. The Hall–Kier alpha value is -4.96. The zero-order valence-corrected chi connectivity index (χ0v) is 35.9. The lowest BCUT2D eigenvalue weighted by atomic mass is 9.89. The molecular formula is C43H52F3N9O5S. The summed E-state index contributed by atoms with van der Waals surface area (Å²) in [6, 6.07) is 10.7. The highest BCUT2D eigenvalue weighted by atomic mass is 32.1. The highest BCUT2D eigenvalue weighted by Crippen LogP contribution is 2.41. The van der Waals surface area contributed by atoms with Crippen LogP contribution in [0.4, 0.5) is 30.4 Å². The van der Waals surface area contributed by atoms with Crippen LogP contribution in [0, 0.1) is 11.3 Å². The van der Waals surface area contributed by atoms with Crippen LogP contribution in [0.2, 0.25) is 0 Å². The van der Waals surface area contributed by atoms with Crippen molar-refractivity contribution < 1.29 is 37.1 Å². The Labute approximate surface area is 358 Å². The molecule has 0 radical (unpaired) electrons. The zero-order chi connectivity index (χ0) is 44.0. The number of amides is 3. The van der Waals surface area contributed by atoms with E-state index in [0.717, 1.165) is 50.0 Å². The number of hydrogen-bond acceptors (Lipinski definition) is 10. The van der Waals surface area contributed by atoms with E-state index >= 15 is 0 Å². The molecule has 0 unspecified atom stereocenters. The summed E-state index contributed by atoms with van der Waals surface area (Å²) in [7, 11) is 1.77. The summed E-state index contributed by atoms with van der Waals surface area (Å²) in [6.07, 6.45) is -1.36. The van der Waals surface area contributed by atoms with Gasteiger partial charge in [0, 0.05) is 76.1 Å². The number of piperidine rings is 1. The van der Waals surface area contributed by atoms with Gasteiger partial charge >= 0.3 is 6.18 Å². The van der Waals surface area contributed by atoms with Crippen LogP contribution >= 0.6 is 12.2 Å². The number of aromatic nitrogens is 2. The lowest BCUT2D eigenvalue weighted by molar-refractivity contribution is -0.138. The molecular weight excluding hydrogens is 812 g/mol. The fraction of sp³-hybridized carbons (Fsp3) is 0.558. The first kappa shape index (κ1) is 44.1. The van der Waals surface area contributed by atoms with Gasteiger partial charge in [-0.15, -0.1) is 0 Å². The molecule has 0 spiro atoms. The number of benzene rings is 2. The number of piperazine rings is 1. The third kappa shape index (κ3) is 8.88. The number of alkyl halides is 3. The number of thiocarbonyl (C=S) groups is 1. The van der Waals surface area contributed by atoms with Crippen LogP contribution in [0.25, 0.3) is 10.9 Å². The number of carbonyl (C=O) groups excluding carboxylic acids is 4. The van der Waals surface area contributed by atoms with Crippen molar-refractivity contribution >= 4 is 68.9 Å². The molecule has 7 rings (SSSR count). The Balaban J connectivity index is 0.863. The summed E-state index contributed by atoms with van der Waals surface area (Å²) in [5.74, 6) is -0.395. The van der Waals surface area contributed by atoms with Crippen molar-refractivity contribution in [3.63, 3.8) is 0 Å². The van der Waals surface area contributed by atoms with Crippen LogP contribution in [0.1, 0.15) is 83.8 Å². The summed E-state index contributed by atoms with van der Waals surface area (Å²) >= 11 is 5.75. The van der Waals surface area contributed by atoms with E-state index in [1.807, 2.05) is 23.1 Å². The Morgan fingerprint density at radius 1 is 1.05 bits per heavy atom. The number of aryl methyl sites for hydroxylation is 1. The second-order valence-corrected chi connectivity index (χ2v) is 17.5. The molecule has 4 aliphatic rings. The normalized spacial score (nSPS) is 24.2. The number of Topliss-reactive ketones (excluding diaryl/α,β-unsaturated/α-hetero) is 1. The van der Waals surface area contributed by atoms with E-state index in [-0.39, 0.29) is 72.0 Å². The number of ketones is 1. The summed E-state index contributed by atoms with van der Waals surface area (Å²) in [5, 5.41) is 17.8. The van der Waals surface area contributed by atoms with Crippen LogP contribution in [0.3, 0.4) is 0 Å². The van der Waals surface area contributed by atoms with Crippen LogP contribution in [-0.2, 0) is 37.1 Å². The molecule has 326 valence electrons. The molecule has 3 aromatic rings. The van der Waals surface area contributed by atoms with Crippen molar-refractivity contribution in [2.45, 2.75) is 109 Å². The van der Waals surface area contributed by atoms with Crippen molar-refractivity contribution in [1.82, 2.24) is 24.5 Å². The number of fused-ring (bicyclic) bond motifs is 1. The van der Waals surface area contributed by atoms with Gasteiger partial charge in [-0.3, -0.25) is 43.5 Å². The molecule has 61 heavy (non-hydrogen) atoms. The minimum absolute atomic E-state index is 0.0105. The molecule has 0 bridgehead atoms. The Bertz CT molecular complexity index is 2250. The quantitative estimate of drug-likeness (QED) is 0.189. The third-order valence-corrected chi connectivity index (χ3v) is 13.0. The maximum atomic E-state index is 13.8. The zero-order valence-electron chi connectivity index (χ0n) is 35.1. The van der Waals surface area contributed by atoms with Crippen LogP contribution in [-0.4, -0.2) is 122 Å². The van der Waals surface area contributed by atoms with Crippen molar-refractivity contribution in [3.05, 3.63) is 47.5 Å². The topological polar surface area (TPSA) is 147 Å². The molecule has 3 saturated heterocycles. The number of anilines is 3. The summed E-state index contributed by atoms with van der Waals surface area (Å²) in [5.41, 5.74) is -1.39. The number of hydrogen-bond donors (Lipinski definition) is 1. The van der Waals surface area contributed by atoms with Gasteiger partial charge in [0.05, 0.1) is 53.2 Å². The maximum absolute atomic E-state index is 13.8. The average molecular weight is 864 g/mol. The van der Waals surface area contributed by atoms with E-state index in [2.05, 4.69) is 34.1 Å². The van der Waals surface area contributed by atoms with Crippen LogP contribution in [0.15, 0.2) is 36.4 Å². The first-order valence-electron chi connectivity index (χ1n) is 20.9. The molecule has 14 nitrogen and oxygen atoms in total. The fourth-order valence-electron chi connectivity index (χ4n) is 9.56. The molecule has 3 amide bonds. The maximum Gasteiger partial charge on any atom is 0.417 e. The van der Waals surface area contributed by atoms with E-state index in [1.165, 1.54) is 11.0 Å². The highest BCUT2D eigenvalue weighted by Gasteiger charge is 2.52. The third-order valence-electron chi connectivity index (χ3n) is 12.6. The predicted octanol–water partition coefficient (Wildman–Crippen LogP) is 5.62. The summed E-state index contributed by atoms with van der Waals surface area (Å²) in [4.78, 5) is 60.7. The van der Waals surface area contributed by atoms with Gasteiger partial charge < -0.3 is 15.0 Å². The summed E-state index contributed by atoms with van der Waals surface area (Å²) in [6.45, 7) is 11.7. The second-order valence-electron chi connectivity index (χ2n) is 17.1. The first-order valence-corrected chi connectivity index (χ1v) is 21.3. The SMILES string of the molecule is C[C@@H]1CN(CCOC2CCC(N3C(=S)N(c4ccc(C#N)c(C(F)(F)F)c4)C(=O)C3(C)C)CC2)C[C@H](C)N1CCC(=O)Nc1cccc2c(N3CCC(=O)CC3=O)nn(C)c12. The van der Waals surface area contributed by atoms with Crippen molar-refractivity contribution in [1.29, 1.82) is 5.26 Å². The van der Waals surface area contributed by atoms with Crippen molar-refractivity contribution in [3.8, 4) is 6.07 Å². The average Bonchev–Trinajstić information content (AvgIpc) is 3.62. The molecule has 1 saturated carbocycles. The van der Waals surface area contributed by atoms with E-state index < -0.39 is 28.7 Å². The van der Waals surface area contributed by atoms with Crippen molar-refractivity contribution in [2.24, 2.45) is 7.05 Å². The van der Waals surface area contributed by atoms with Crippen LogP contribution in [0.5, 0.6) is 0 Å². The van der Waals surface area contributed by atoms with Gasteiger partial charge in [-0.1, -0.05) is 6.07 Å². The molecule has 1 aromatic heterocycles. The standard InChI is InChI=1S/C43H52F3N9O5S/c1-26-24-51(25-27(2)52(26)18-16-36(57)48-35-8-6-7-33-38(35)50(5)49-39(33)53-17-15-31(56)22-37(53)58)19-20-60-32-13-11-29(12-14-32)55-41(61)54(40(59)42(55,3)4)30-10-9-28(23-47)34(21-30)43(44,45)46/h6-10,21,26-27,29,32H,11-20,22,24-25H2,1-5H3,(H,48,57)/t26-,27+,29?,32?. The van der Waals surface area contributed by atoms with Gasteiger partial charge in [0.1, 0.15) is 11.3 Å². The molecule has 2 atom stereocenters. The highest BCUT2D eigenvalue weighted by molar-refractivity contribution is 7.80. The predicted molar refractivity (Wildman–Crippen MR) is 227 cm³/mol. The monoisotopic (exact) mass is 863 g/mol. The Kier molecular flexibility index (Phi) is 12.6. The van der Waals surface area contributed by atoms with E-state index in [9.17, 15) is 37.6 Å². The molecule has 18 heteroatoms. The largest absolute Gasteiger partial charge is 0.417 e. The van der Waals surface area contributed by atoms with Gasteiger partial charge in [-0.05, 0) is 95.9 Å². The molecule has 2 aromatic carbocycles. The molecule has 1 N–H and O–H groups in total. The van der Waals surface area contributed by atoms with E-state index in [0.29, 0.717) is 49.4 Å². The number of nitrogens with zero attached hydrogens (tertiary/aromatic N) is 8. The first-order chi connectivity index (χ1) is 28.9. The second kappa shape index (κ2) is 17.4. The molecule has 4 heterocycles. The van der Waals surface area contributed by atoms with E-state index in [1.54, 1.807) is 36.5 Å². The summed E-state index contributed by atoms with van der Waals surface area (Å²) < 4.78 is 49.3. The van der Waals surface area contributed by atoms with Gasteiger partial charge in [-0.25, -0.2) is 0 Å². The molecule has 4 fully saturated rings. The molecule has 1 aliphatic carbocycles. The minimum Gasteiger partial charge on any atom is -0.377 e. The lowest BCUT2D eigenvalue weighted by Crippen LogP contribution is -2.57. The Morgan fingerprint density at radius 3 is 2.41 bits per heavy atom.